The van der Waals surface area contributed by atoms with Crippen LogP contribution in [-0.4, -0.2) is 98.1 Å². The molecule has 0 aromatic heterocycles. The molecule has 0 radical (unpaired) electrons. The summed E-state index contributed by atoms with van der Waals surface area (Å²) in [5.41, 5.74) is 0.743. The van der Waals surface area contributed by atoms with Gasteiger partial charge in [-0.2, -0.15) is 0 Å². The minimum Gasteiger partial charge on any atom is -0.379 e. The van der Waals surface area contributed by atoms with Crippen LogP contribution in [0.3, 0.4) is 0 Å². The zero-order chi connectivity index (χ0) is 23.0. The highest BCUT2D eigenvalue weighted by molar-refractivity contribution is 9.10. The van der Waals surface area contributed by atoms with Gasteiger partial charge in [0.2, 0.25) is 5.91 Å². The smallest absolute Gasteiger partial charge is 0.254 e. The number of halogens is 1. The molecular formula is C25H37BrN4O3. The molecular weight excluding hydrogens is 484 g/mol. The fourth-order valence-corrected chi connectivity index (χ4v) is 5.70. The van der Waals surface area contributed by atoms with Crippen LogP contribution in [0.2, 0.25) is 0 Å². The van der Waals surface area contributed by atoms with Crippen molar-refractivity contribution in [1.82, 2.24) is 20.0 Å². The standard InChI is InChI=1S/C25H37BrN4O3/c26-23-5-2-1-4-22(23)25(32)30-14-8-21(9-15-30)29-12-6-20(7-13-29)24(31)27-10-3-11-28-16-18-33-19-17-28/h1-2,4-5,20-21H,3,6-19H2,(H,27,31). The Hall–Kier alpha value is -1.48. The zero-order valence-corrected chi connectivity index (χ0v) is 21.1. The number of ether oxygens (including phenoxy) is 1. The Morgan fingerprint density at radius 2 is 1.67 bits per heavy atom. The van der Waals surface area contributed by atoms with E-state index in [-0.39, 0.29) is 17.7 Å². The van der Waals surface area contributed by atoms with Crippen molar-refractivity contribution < 1.29 is 14.3 Å². The van der Waals surface area contributed by atoms with E-state index in [9.17, 15) is 9.59 Å². The third-order valence-corrected chi connectivity index (χ3v) is 8.02. The average Bonchev–Trinajstić information content (AvgIpc) is 2.87. The highest BCUT2D eigenvalue weighted by Crippen LogP contribution is 2.26. The maximum absolute atomic E-state index is 12.8. The van der Waals surface area contributed by atoms with Crippen molar-refractivity contribution in [3.8, 4) is 0 Å². The number of piperidine rings is 2. The van der Waals surface area contributed by atoms with Crippen molar-refractivity contribution in [2.45, 2.75) is 38.1 Å². The number of nitrogens with zero attached hydrogens (tertiary/aromatic N) is 3. The largest absolute Gasteiger partial charge is 0.379 e. The number of carbonyl (C=O) groups is 2. The zero-order valence-electron chi connectivity index (χ0n) is 19.5. The maximum Gasteiger partial charge on any atom is 0.254 e. The van der Waals surface area contributed by atoms with Gasteiger partial charge < -0.3 is 19.9 Å². The molecule has 3 aliphatic heterocycles. The Bertz CT molecular complexity index is 786. The van der Waals surface area contributed by atoms with Crippen molar-refractivity contribution in [2.24, 2.45) is 5.92 Å². The van der Waals surface area contributed by atoms with Crippen molar-refractivity contribution >= 4 is 27.7 Å². The molecule has 33 heavy (non-hydrogen) atoms. The average molecular weight is 522 g/mol. The van der Waals surface area contributed by atoms with E-state index < -0.39 is 0 Å². The van der Waals surface area contributed by atoms with Crippen molar-refractivity contribution in [1.29, 1.82) is 0 Å². The Labute approximate surface area is 205 Å². The normalized spacial score (nSPS) is 21.8. The third kappa shape index (κ3) is 6.78. The number of likely N-dealkylation sites (tertiary alicyclic amines) is 2. The highest BCUT2D eigenvalue weighted by Gasteiger charge is 2.32. The molecule has 3 heterocycles. The van der Waals surface area contributed by atoms with Gasteiger partial charge in [-0.05, 0) is 79.8 Å². The van der Waals surface area contributed by atoms with Crippen LogP contribution in [-0.2, 0) is 9.53 Å². The van der Waals surface area contributed by atoms with Crippen LogP contribution in [0.4, 0.5) is 0 Å². The molecule has 7 nitrogen and oxygen atoms in total. The summed E-state index contributed by atoms with van der Waals surface area (Å²) in [4.78, 5) is 32.4. The Morgan fingerprint density at radius 3 is 2.36 bits per heavy atom. The fourth-order valence-electron chi connectivity index (χ4n) is 5.25. The van der Waals surface area contributed by atoms with Gasteiger partial charge in [0.1, 0.15) is 0 Å². The molecule has 1 N–H and O–H groups in total. The summed E-state index contributed by atoms with van der Waals surface area (Å²) in [6, 6.07) is 8.17. The molecule has 0 unspecified atom stereocenters. The van der Waals surface area contributed by atoms with Gasteiger partial charge in [0.05, 0.1) is 18.8 Å². The predicted octanol–water partition coefficient (Wildman–Crippen LogP) is 2.60. The summed E-state index contributed by atoms with van der Waals surface area (Å²) >= 11 is 3.50. The quantitative estimate of drug-likeness (QED) is 0.559. The van der Waals surface area contributed by atoms with E-state index in [4.69, 9.17) is 4.74 Å². The second-order valence-corrected chi connectivity index (χ2v) is 10.3. The second kappa shape index (κ2) is 12.3. The first kappa shape index (κ1) is 24.6. The van der Waals surface area contributed by atoms with Gasteiger partial charge >= 0.3 is 0 Å². The lowest BCUT2D eigenvalue weighted by Crippen LogP contribution is -2.50. The maximum atomic E-state index is 12.8. The molecule has 4 rings (SSSR count). The Kier molecular flexibility index (Phi) is 9.18. The van der Waals surface area contributed by atoms with Gasteiger partial charge in [0.25, 0.3) is 5.91 Å². The third-order valence-electron chi connectivity index (χ3n) is 7.33. The summed E-state index contributed by atoms with van der Waals surface area (Å²) in [6.45, 7) is 9.01. The van der Waals surface area contributed by atoms with Gasteiger partial charge in [-0.1, -0.05) is 12.1 Å². The van der Waals surface area contributed by atoms with Gasteiger partial charge in [-0.15, -0.1) is 0 Å². The molecule has 3 aliphatic rings. The fraction of sp³-hybridized carbons (Fsp3) is 0.680. The SMILES string of the molecule is O=C(NCCCN1CCOCC1)C1CCN(C2CCN(C(=O)c3ccccc3Br)CC2)CC1. The number of benzene rings is 1. The molecule has 0 spiro atoms. The first-order valence-corrected chi connectivity index (χ1v) is 13.3. The van der Waals surface area contributed by atoms with E-state index in [0.717, 1.165) is 108 Å². The molecule has 0 aliphatic carbocycles. The van der Waals surface area contributed by atoms with E-state index >= 15 is 0 Å². The Morgan fingerprint density at radius 1 is 0.970 bits per heavy atom. The number of carbonyl (C=O) groups excluding carboxylic acids is 2. The summed E-state index contributed by atoms with van der Waals surface area (Å²) < 4.78 is 6.24. The van der Waals surface area contributed by atoms with Crippen LogP contribution >= 0.6 is 15.9 Å². The van der Waals surface area contributed by atoms with Gasteiger partial charge in [0.15, 0.2) is 0 Å². The molecule has 182 valence electrons. The molecule has 0 bridgehead atoms. The lowest BCUT2D eigenvalue weighted by molar-refractivity contribution is -0.126. The van der Waals surface area contributed by atoms with Crippen LogP contribution in [0.25, 0.3) is 0 Å². The van der Waals surface area contributed by atoms with Crippen LogP contribution in [0.15, 0.2) is 28.7 Å². The number of amides is 2. The molecule has 1 aromatic rings. The van der Waals surface area contributed by atoms with Gasteiger partial charge in [-0.25, -0.2) is 0 Å². The molecule has 3 saturated heterocycles. The van der Waals surface area contributed by atoms with Crippen molar-refractivity contribution in [3.63, 3.8) is 0 Å². The molecule has 2 amide bonds. The summed E-state index contributed by atoms with van der Waals surface area (Å²) in [6.07, 6.45) is 4.89. The minimum atomic E-state index is 0.116. The van der Waals surface area contributed by atoms with E-state index in [1.54, 1.807) is 0 Å². The minimum absolute atomic E-state index is 0.116. The predicted molar refractivity (Wildman–Crippen MR) is 132 cm³/mol. The number of hydrogen-bond donors (Lipinski definition) is 1. The van der Waals surface area contributed by atoms with Crippen LogP contribution in [0.5, 0.6) is 0 Å². The molecule has 0 atom stereocenters. The Balaban J connectivity index is 1.13. The van der Waals surface area contributed by atoms with Crippen LogP contribution in [0, 0.1) is 5.92 Å². The number of nitrogens with one attached hydrogen (secondary N) is 1. The molecule has 8 heteroatoms. The monoisotopic (exact) mass is 520 g/mol. The van der Waals surface area contributed by atoms with E-state index in [0.29, 0.717) is 6.04 Å². The van der Waals surface area contributed by atoms with Gasteiger partial charge in [-0.3, -0.25) is 14.5 Å². The summed E-state index contributed by atoms with van der Waals surface area (Å²) in [5, 5.41) is 3.16. The van der Waals surface area contributed by atoms with Crippen LogP contribution < -0.4 is 5.32 Å². The van der Waals surface area contributed by atoms with Crippen molar-refractivity contribution in [3.05, 3.63) is 34.3 Å². The van der Waals surface area contributed by atoms with E-state index in [1.807, 2.05) is 29.2 Å². The molecule has 0 saturated carbocycles. The van der Waals surface area contributed by atoms with Crippen LogP contribution in [0.1, 0.15) is 42.5 Å². The lowest BCUT2D eigenvalue weighted by atomic mass is 9.92. The van der Waals surface area contributed by atoms with Crippen molar-refractivity contribution in [2.75, 3.05) is 65.6 Å². The number of hydrogen-bond acceptors (Lipinski definition) is 5. The molecule has 1 aromatic carbocycles. The topological polar surface area (TPSA) is 65.1 Å². The molecule has 3 fully saturated rings. The van der Waals surface area contributed by atoms with Gasteiger partial charge in [0, 0.05) is 49.2 Å². The highest BCUT2D eigenvalue weighted by atomic mass is 79.9. The first-order chi connectivity index (χ1) is 16.1. The number of rotatable bonds is 7. The second-order valence-electron chi connectivity index (χ2n) is 9.41. The van der Waals surface area contributed by atoms with E-state index in [1.165, 1.54) is 0 Å². The summed E-state index contributed by atoms with van der Waals surface area (Å²) in [7, 11) is 0. The summed E-state index contributed by atoms with van der Waals surface area (Å²) in [5.74, 6) is 0.483. The lowest BCUT2D eigenvalue weighted by Gasteiger charge is -2.41. The first-order valence-electron chi connectivity index (χ1n) is 12.5. The number of morpholine rings is 1. The van der Waals surface area contributed by atoms with E-state index in [2.05, 4.69) is 31.0 Å².